The van der Waals surface area contributed by atoms with Gasteiger partial charge in [-0.2, -0.15) is 0 Å². The van der Waals surface area contributed by atoms with Gasteiger partial charge < -0.3 is 0 Å². The van der Waals surface area contributed by atoms with Gasteiger partial charge in [0.2, 0.25) is 0 Å². The number of allylic oxidation sites excluding steroid dienone is 8. The second kappa shape index (κ2) is 7.86. The molecule has 0 aliphatic heterocycles. The second-order valence-corrected chi connectivity index (χ2v) is 15.0. The van der Waals surface area contributed by atoms with Crippen molar-refractivity contribution in [2.45, 2.75) is 21.1 Å². The van der Waals surface area contributed by atoms with Gasteiger partial charge in [-0.05, 0) is 0 Å². The van der Waals surface area contributed by atoms with Gasteiger partial charge >= 0.3 is 168 Å². The van der Waals surface area contributed by atoms with Crippen LogP contribution in [-0.4, -0.2) is 0 Å². The Hall–Kier alpha value is -2.12. The van der Waals surface area contributed by atoms with Crippen LogP contribution >= 0.6 is 0 Å². The Labute approximate surface area is 167 Å². The van der Waals surface area contributed by atoms with Crippen LogP contribution in [0.3, 0.4) is 0 Å². The Kier molecular flexibility index (Phi) is 5.32. The van der Waals surface area contributed by atoms with Gasteiger partial charge in [0.25, 0.3) is 0 Å². The van der Waals surface area contributed by atoms with Crippen LogP contribution in [0.5, 0.6) is 11.5 Å². The SMILES string of the molecule is Cc1cccc([O][Zr]([O]c2cccc(C)c2)([CH]2C=CC=C2)[CH]2C=CC=C2)c1. The van der Waals surface area contributed by atoms with Gasteiger partial charge in [-0.3, -0.25) is 0 Å². The third-order valence-corrected chi connectivity index (χ3v) is 14.1. The van der Waals surface area contributed by atoms with E-state index in [0.29, 0.717) is 0 Å². The summed E-state index contributed by atoms with van der Waals surface area (Å²) in [6, 6.07) is 16.6. The molecule has 0 N–H and O–H groups in total. The normalized spacial score (nSPS) is 16.4. The van der Waals surface area contributed by atoms with Crippen molar-refractivity contribution in [2.75, 3.05) is 0 Å². The van der Waals surface area contributed by atoms with Crippen LogP contribution < -0.4 is 5.63 Å². The van der Waals surface area contributed by atoms with Gasteiger partial charge in [0, 0.05) is 0 Å². The summed E-state index contributed by atoms with van der Waals surface area (Å²) >= 11 is -3.78. The van der Waals surface area contributed by atoms with Crippen molar-refractivity contribution < 1.29 is 26.8 Å². The van der Waals surface area contributed by atoms with Crippen LogP contribution in [0.25, 0.3) is 0 Å². The first-order valence-electron chi connectivity index (χ1n) is 9.37. The van der Waals surface area contributed by atoms with E-state index in [1.165, 1.54) is 11.1 Å². The van der Waals surface area contributed by atoms with Crippen molar-refractivity contribution in [1.82, 2.24) is 0 Å². The van der Waals surface area contributed by atoms with Crippen molar-refractivity contribution in [2.24, 2.45) is 0 Å². The van der Waals surface area contributed by atoms with Crippen molar-refractivity contribution in [1.29, 1.82) is 0 Å². The van der Waals surface area contributed by atoms with Crippen LogP contribution in [0.4, 0.5) is 0 Å². The number of benzene rings is 2. The zero-order valence-electron chi connectivity index (χ0n) is 15.7. The first-order chi connectivity index (χ1) is 13.2. The van der Waals surface area contributed by atoms with E-state index in [1.54, 1.807) is 0 Å². The van der Waals surface area contributed by atoms with Crippen molar-refractivity contribution >= 4 is 0 Å². The summed E-state index contributed by atoms with van der Waals surface area (Å²) < 4.78 is 14.2. The second-order valence-electron chi connectivity index (χ2n) is 7.15. The van der Waals surface area contributed by atoms with Crippen LogP contribution in [0, 0.1) is 13.8 Å². The summed E-state index contributed by atoms with van der Waals surface area (Å²) in [4.78, 5) is 0. The molecule has 0 bridgehead atoms. The summed E-state index contributed by atoms with van der Waals surface area (Å²) in [6.45, 7) is 4.19. The fourth-order valence-electron chi connectivity index (χ4n) is 3.64. The van der Waals surface area contributed by atoms with Gasteiger partial charge in [-0.15, -0.1) is 0 Å². The quantitative estimate of drug-likeness (QED) is 0.510. The molecule has 2 aromatic rings. The molecular formula is C24H24O2Zr. The van der Waals surface area contributed by atoms with Gasteiger partial charge in [0.15, 0.2) is 0 Å². The topological polar surface area (TPSA) is 18.5 Å². The predicted molar refractivity (Wildman–Crippen MR) is 108 cm³/mol. The molecule has 0 amide bonds. The van der Waals surface area contributed by atoms with E-state index < -0.39 is 21.1 Å². The summed E-state index contributed by atoms with van der Waals surface area (Å²) in [5.41, 5.74) is 2.39. The maximum atomic E-state index is 6.88. The van der Waals surface area contributed by atoms with E-state index in [0.717, 1.165) is 11.5 Å². The average molecular weight is 436 g/mol. The van der Waals surface area contributed by atoms with Crippen molar-refractivity contribution in [3.8, 4) is 11.5 Å². The van der Waals surface area contributed by atoms with E-state index in [1.807, 2.05) is 12.1 Å². The zero-order valence-corrected chi connectivity index (χ0v) is 18.2. The first kappa shape index (κ1) is 18.3. The Balaban J connectivity index is 1.80. The number of hydrogen-bond donors (Lipinski definition) is 0. The average Bonchev–Trinajstić information content (AvgIpc) is 3.36. The molecule has 2 aliphatic rings. The Morgan fingerprint density at radius 2 is 1.04 bits per heavy atom. The van der Waals surface area contributed by atoms with Crippen molar-refractivity contribution in [3.63, 3.8) is 0 Å². The molecule has 136 valence electrons. The summed E-state index contributed by atoms with van der Waals surface area (Å²) in [5, 5.41) is 0. The number of hydrogen-bond acceptors (Lipinski definition) is 2. The Bertz CT molecular complexity index is 837. The standard InChI is InChI=1S/2C7H8O.2C5H5.Zr/c2*1-6-3-2-4-7(8)5-6;2*1-2-4-5-3-1;/h2*2-5,8H,1H3;2*1-5H;/q;;;;+2/p-2. The minimum absolute atomic E-state index is 0.206. The fourth-order valence-corrected chi connectivity index (χ4v) is 12.3. The molecule has 0 saturated carbocycles. The predicted octanol–water partition coefficient (Wildman–Crippen LogP) is 6.57. The van der Waals surface area contributed by atoms with Crippen molar-refractivity contribution in [3.05, 3.63) is 108 Å². The molecule has 0 fully saturated rings. The zero-order chi connectivity index (χ0) is 18.7. The third kappa shape index (κ3) is 3.94. The maximum absolute atomic E-state index is 6.88. The molecule has 0 heterocycles. The van der Waals surface area contributed by atoms with E-state index in [4.69, 9.17) is 5.63 Å². The van der Waals surface area contributed by atoms with Gasteiger partial charge in [0.05, 0.1) is 0 Å². The van der Waals surface area contributed by atoms with Crippen LogP contribution in [-0.2, 0) is 21.1 Å². The molecule has 2 nitrogen and oxygen atoms in total. The van der Waals surface area contributed by atoms with Gasteiger partial charge in [0.1, 0.15) is 0 Å². The molecule has 27 heavy (non-hydrogen) atoms. The monoisotopic (exact) mass is 434 g/mol. The Morgan fingerprint density at radius 1 is 0.630 bits per heavy atom. The molecule has 4 rings (SSSR count). The van der Waals surface area contributed by atoms with E-state index >= 15 is 0 Å². The first-order valence-corrected chi connectivity index (χ1v) is 14.2. The molecule has 0 radical (unpaired) electrons. The van der Waals surface area contributed by atoms with Crippen LogP contribution in [0.2, 0.25) is 7.25 Å². The molecule has 0 spiro atoms. The Morgan fingerprint density at radius 3 is 1.41 bits per heavy atom. The molecule has 0 unspecified atom stereocenters. The molecule has 2 aromatic carbocycles. The molecular weight excluding hydrogens is 411 g/mol. The van der Waals surface area contributed by atoms with E-state index in [2.05, 4.69) is 98.9 Å². The molecule has 0 atom stereocenters. The number of rotatable bonds is 6. The molecule has 0 saturated heterocycles. The molecule has 3 heteroatoms. The summed E-state index contributed by atoms with van der Waals surface area (Å²) in [7, 11) is 0. The van der Waals surface area contributed by atoms with Crippen LogP contribution in [0.1, 0.15) is 11.1 Å². The minimum atomic E-state index is -3.78. The van der Waals surface area contributed by atoms with E-state index in [9.17, 15) is 0 Å². The van der Waals surface area contributed by atoms with E-state index in [-0.39, 0.29) is 7.25 Å². The van der Waals surface area contributed by atoms with Crippen LogP contribution in [0.15, 0.2) is 97.1 Å². The summed E-state index contributed by atoms with van der Waals surface area (Å²) in [5.74, 6) is 1.81. The fraction of sp³-hybridized carbons (Fsp3) is 0.167. The van der Waals surface area contributed by atoms with Gasteiger partial charge in [-0.1, -0.05) is 0 Å². The third-order valence-electron chi connectivity index (χ3n) is 4.96. The summed E-state index contributed by atoms with van der Waals surface area (Å²) in [6.07, 6.45) is 17.4. The van der Waals surface area contributed by atoms with Gasteiger partial charge in [-0.25, -0.2) is 0 Å². The molecule has 2 aliphatic carbocycles. The number of aryl methyl sites for hydroxylation is 2. The molecule has 0 aromatic heterocycles.